The number of aliphatic hydroxyl groups is 1. The van der Waals surface area contributed by atoms with Crippen LogP contribution < -0.4 is 0 Å². The number of hydrogen-bond acceptors (Lipinski definition) is 3. The van der Waals surface area contributed by atoms with Crippen molar-refractivity contribution in [1.29, 1.82) is 0 Å². The molecule has 0 aliphatic rings. The fourth-order valence-corrected chi connectivity index (χ4v) is 1.50. The Balaban J connectivity index is 3.56. The highest BCUT2D eigenvalue weighted by Crippen LogP contribution is 2.16. The van der Waals surface area contributed by atoms with Crippen LogP contribution in [0.2, 0.25) is 0 Å². The Kier molecular flexibility index (Phi) is 10.3. The van der Waals surface area contributed by atoms with Crippen LogP contribution in [0.1, 0.15) is 40.0 Å². The quantitative estimate of drug-likeness (QED) is 0.571. The van der Waals surface area contributed by atoms with Crippen molar-refractivity contribution in [2.75, 3.05) is 26.4 Å². The Bertz CT molecular complexity index is 128. The summed E-state index contributed by atoms with van der Waals surface area (Å²) in [7, 11) is 0. The van der Waals surface area contributed by atoms with E-state index in [-0.39, 0.29) is 6.61 Å². The van der Waals surface area contributed by atoms with Crippen LogP contribution in [-0.2, 0) is 9.47 Å². The maximum absolute atomic E-state index is 8.52. The molecule has 3 heteroatoms. The van der Waals surface area contributed by atoms with Gasteiger partial charge in [-0.3, -0.25) is 0 Å². The molecule has 0 spiro atoms. The molecule has 0 aromatic rings. The van der Waals surface area contributed by atoms with E-state index in [2.05, 4.69) is 20.8 Å². The number of aliphatic hydroxyl groups excluding tert-OH is 1. The molecule has 0 aliphatic heterocycles. The van der Waals surface area contributed by atoms with Crippen LogP contribution in [-0.4, -0.2) is 37.6 Å². The van der Waals surface area contributed by atoms with Gasteiger partial charge in [0.25, 0.3) is 0 Å². The predicted octanol–water partition coefficient (Wildman–Crippen LogP) is 2.23. The smallest absolute Gasteiger partial charge is 0.0704 e. The van der Waals surface area contributed by atoms with Crippen LogP contribution in [0, 0.1) is 5.92 Å². The second kappa shape index (κ2) is 10.4. The number of rotatable bonds is 10. The molecule has 0 saturated heterocycles. The topological polar surface area (TPSA) is 38.7 Å². The minimum absolute atomic E-state index is 0.0871. The van der Waals surface area contributed by atoms with Gasteiger partial charge >= 0.3 is 0 Å². The van der Waals surface area contributed by atoms with E-state index in [0.717, 1.165) is 19.3 Å². The predicted molar refractivity (Wildman–Crippen MR) is 62.0 cm³/mol. The third-order valence-electron chi connectivity index (χ3n) is 2.65. The van der Waals surface area contributed by atoms with Gasteiger partial charge in [-0.25, -0.2) is 0 Å². The number of ether oxygens (including phenoxy) is 2. The molecule has 0 rings (SSSR count). The molecule has 0 aliphatic carbocycles. The monoisotopic (exact) mass is 218 g/mol. The summed E-state index contributed by atoms with van der Waals surface area (Å²) < 4.78 is 10.9. The summed E-state index contributed by atoms with van der Waals surface area (Å²) in [6, 6.07) is 0. The van der Waals surface area contributed by atoms with E-state index in [1.807, 2.05) is 0 Å². The van der Waals surface area contributed by atoms with Gasteiger partial charge in [-0.1, -0.05) is 33.6 Å². The van der Waals surface area contributed by atoms with Gasteiger partial charge in [0.05, 0.1) is 32.5 Å². The molecule has 2 unspecified atom stereocenters. The third-order valence-corrected chi connectivity index (χ3v) is 2.65. The molecular formula is C12H26O3. The van der Waals surface area contributed by atoms with Gasteiger partial charge in [-0.2, -0.15) is 0 Å². The highest BCUT2D eigenvalue weighted by Gasteiger charge is 2.14. The molecule has 0 amide bonds. The highest BCUT2D eigenvalue weighted by molar-refractivity contribution is 4.64. The van der Waals surface area contributed by atoms with Crippen LogP contribution in [0.3, 0.4) is 0 Å². The van der Waals surface area contributed by atoms with Crippen molar-refractivity contribution in [1.82, 2.24) is 0 Å². The van der Waals surface area contributed by atoms with Gasteiger partial charge in [-0.15, -0.1) is 0 Å². The summed E-state index contributed by atoms with van der Waals surface area (Å²) in [5.74, 6) is 0.614. The first-order valence-electron chi connectivity index (χ1n) is 6.06. The van der Waals surface area contributed by atoms with E-state index in [4.69, 9.17) is 14.6 Å². The third kappa shape index (κ3) is 7.77. The Labute approximate surface area is 93.8 Å². The van der Waals surface area contributed by atoms with Crippen molar-refractivity contribution in [3.63, 3.8) is 0 Å². The van der Waals surface area contributed by atoms with E-state index in [9.17, 15) is 0 Å². The van der Waals surface area contributed by atoms with Crippen LogP contribution in [0.15, 0.2) is 0 Å². The molecule has 0 saturated carbocycles. The van der Waals surface area contributed by atoms with E-state index >= 15 is 0 Å². The zero-order valence-electron chi connectivity index (χ0n) is 10.4. The average Bonchev–Trinajstić information content (AvgIpc) is 2.26. The first-order chi connectivity index (χ1) is 7.26. The van der Waals surface area contributed by atoms with Gasteiger partial charge in [0.15, 0.2) is 0 Å². The molecular weight excluding hydrogens is 192 g/mol. The summed E-state index contributed by atoms with van der Waals surface area (Å²) in [5, 5.41) is 8.52. The van der Waals surface area contributed by atoms with E-state index in [0.29, 0.717) is 31.8 Å². The van der Waals surface area contributed by atoms with Crippen molar-refractivity contribution in [3.05, 3.63) is 0 Å². The lowest BCUT2D eigenvalue weighted by Crippen LogP contribution is -2.23. The van der Waals surface area contributed by atoms with E-state index < -0.39 is 0 Å². The average molecular weight is 218 g/mol. The number of hydrogen-bond donors (Lipinski definition) is 1. The Morgan fingerprint density at radius 2 is 1.87 bits per heavy atom. The lowest BCUT2D eigenvalue weighted by molar-refractivity contribution is -0.0270. The zero-order chi connectivity index (χ0) is 11.5. The molecule has 0 heterocycles. The van der Waals surface area contributed by atoms with Crippen LogP contribution in [0.4, 0.5) is 0 Å². The summed E-state index contributed by atoms with van der Waals surface area (Å²) in [6.45, 7) is 8.32. The Hall–Kier alpha value is -0.120. The summed E-state index contributed by atoms with van der Waals surface area (Å²) >= 11 is 0. The molecule has 3 nitrogen and oxygen atoms in total. The van der Waals surface area contributed by atoms with Gasteiger partial charge in [0.2, 0.25) is 0 Å². The second-order valence-electron chi connectivity index (χ2n) is 3.92. The molecule has 0 aromatic carbocycles. The summed E-state index contributed by atoms with van der Waals surface area (Å²) in [5.41, 5.74) is 0. The van der Waals surface area contributed by atoms with Crippen LogP contribution in [0.25, 0.3) is 0 Å². The molecule has 0 radical (unpaired) electrons. The molecule has 0 bridgehead atoms. The highest BCUT2D eigenvalue weighted by atomic mass is 16.5. The Morgan fingerprint density at radius 3 is 2.40 bits per heavy atom. The molecule has 2 atom stereocenters. The summed E-state index contributed by atoms with van der Waals surface area (Å²) in [6.07, 6.45) is 3.79. The van der Waals surface area contributed by atoms with Crippen LogP contribution in [0.5, 0.6) is 0 Å². The molecule has 15 heavy (non-hydrogen) atoms. The van der Waals surface area contributed by atoms with Gasteiger partial charge < -0.3 is 14.6 Å². The minimum atomic E-state index is 0.0871. The normalized spacial score (nSPS) is 15.2. The first kappa shape index (κ1) is 14.9. The largest absolute Gasteiger partial charge is 0.394 e. The van der Waals surface area contributed by atoms with Gasteiger partial charge in [-0.05, 0) is 12.3 Å². The molecule has 1 N–H and O–H groups in total. The van der Waals surface area contributed by atoms with Crippen molar-refractivity contribution in [3.8, 4) is 0 Å². The standard InChI is InChI=1S/C12H26O3/c1-4-6-12(11(3)5-2)15-10-9-14-8-7-13/h11-13H,4-10H2,1-3H3. The maximum atomic E-state index is 8.52. The Morgan fingerprint density at radius 1 is 1.13 bits per heavy atom. The van der Waals surface area contributed by atoms with Gasteiger partial charge in [0.1, 0.15) is 0 Å². The van der Waals surface area contributed by atoms with Crippen molar-refractivity contribution < 1.29 is 14.6 Å². The maximum Gasteiger partial charge on any atom is 0.0704 e. The molecule has 92 valence electrons. The van der Waals surface area contributed by atoms with Crippen LogP contribution >= 0.6 is 0 Å². The fraction of sp³-hybridized carbons (Fsp3) is 1.00. The SMILES string of the molecule is CCCC(OCCOCCO)C(C)CC. The summed E-state index contributed by atoms with van der Waals surface area (Å²) in [4.78, 5) is 0. The molecule has 0 fully saturated rings. The van der Waals surface area contributed by atoms with E-state index in [1.165, 1.54) is 0 Å². The van der Waals surface area contributed by atoms with E-state index in [1.54, 1.807) is 0 Å². The zero-order valence-corrected chi connectivity index (χ0v) is 10.4. The minimum Gasteiger partial charge on any atom is -0.394 e. The fourth-order valence-electron chi connectivity index (χ4n) is 1.50. The van der Waals surface area contributed by atoms with Gasteiger partial charge in [0, 0.05) is 0 Å². The van der Waals surface area contributed by atoms with Crippen molar-refractivity contribution in [2.45, 2.75) is 46.1 Å². The molecule has 0 aromatic heterocycles. The van der Waals surface area contributed by atoms with Crippen molar-refractivity contribution >= 4 is 0 Å². The lowest BCUT2D eigenvalue weighted by Gasteiger charge is -2.23. The first-order valence-corrected chi connectivity index (χ1v) is 6.06. The lowest BCUT2D eigenvalue weighted by atomic mass is 9.98. The second-order valence-corrected chi connectivity index (χ2v) is 3.92. The van der Waals surface area contributed by atoms with Crippen molar-refractivity contribution in [2.24, 2.45) is 5.92 Å².